The van der Waals surface area contributed by atoms with Crippen LogP contribution in [0.3, 0.4) is 0 Å². The molecule has 0 saturated heterocycles. The van der Waals surface area contributed by atoms with Crippen molar-refractivity contribution in [1.29, 1.82) is 0 Å². The van der Waals surface area contributed by atoms with Gasteiger partial charge in [0.25, 0.3) is 0 Å². The molecule has 0 spiro atoms. The zero-order valence-corrected chi connectivity index (χ0v) is 14.0. The minimum absolute atomic E-state index is 0.827. The zero-order chi connectivity index (χ0) is 15.2. The average Bonchev–Trinajstić information content (AvgIpc) is 2.89. The smallest absolute Gasteiger partial charge is 0.137 e. The van der Waals surface area contributed by atoms with E-state index in [4.69, 9.17) is 0 Å². The van der Waals surface area contributed by atoms with Crippen molar-refractivity contribution >= 4 is 23.0 Å². The van der Waals surface area contributed by atoms with Gasteiger partial charge in [-0.2, -0.15) is 0 Å². The highest BCUT2D eigenvalue weighted by Crippen LogP contribution is 2.25. The van der Waals surface area contributed by atoms with Crippen molar-refractivity contribution in [2.45, 2.75) is 40.2 Å². The summed E-state index contributed by atoms with van der Waals surface area (Å²) in [5, 5.41) is 3.39. The summed E-state index contributed by atoms with van der Waals surface area (Å²) in [6, 6.07) is 0. The molecule has 5 nitrogen and oxygen atoms in total. The largest absolute Gasteiger partial charge is 0.370 e. The molecule has 2 heterocycles. The van der Waals surface area contributed by atoms with E-state index in [1.165, 1.54) is 10.4 Å². The van der Waals surface area contributed by atoms with E-state index in [1.807, 2.05) is 5.51 Å². The van der Waals surface area contributed by atoms with E-state index >= 15 is 0 Å². The first kappa shape index (κ1) is 15.7. The molecule has 0 unspecified atom stereocenters. The summed E-state index contributed by atoms with van der Waals surface area (Å²) in [5.74, 6) is 1.95. The van der Waals surface area contributed by atoms with Crippen LogP contribution in [0.5, 0.6) is 0 Å². The van der Waals surface area contributed by atoms with Gasteiger partial charge in [0.1, 0.15) is 18.0 Å². The maximum atomic E-state index is 4.49. The second kappa shape index (κ2) is 7.36. The number of rotatable bonds is 7. The summed E-state index contributed by atoms with van der Waals surface area (Å²) in [6.07, 6.45) is 3.63. The van der Waals surface area contributed by atoms with Crippen LogP contribution in [0.4, 0.5) is 11.6 Å². The monoisotopic (exact) mass is 305 g/mol. The Balaban J connectivity index is 2.23. The minimum atomic E-state index is 0.827. The molecule has 6 heteroatoms. The summed E-state index contributed by atoms with van der Waals surface area (Å²) in [4.78, 5) is 16.6. The lowest BCUT2D eigenvalue weighted by Crippen LogP contribution is -2.20. The van der Waals surface area contributed by atoms with Crippen molar-refractivity contribution in [3.63, 3.8) is 0 Å². The zero-order valence-electron chi connectivity index (χ0n) is 13.2. The Morgan fingerprint density at radius 1 is 1.24 bits per heavy atom. The lowest BCUT2D eigenvalue weighted by Gasteiger charge is -2.22. The van der Waals surface area contributed by atoms with Crippen LogP contribution in [0.2, 0.25) is 0 Å². The fourth-order valence-corrected chi connectivity index (χ4v) is 3.05. The number of nitrogens with one attached hydrogen (secondary N) is 1. The molecule has 2 rings (SSSR count). The van der Waals surface area contributed by atoms with Gasteiger partial charge in [0.2, 0.25) is 0 Å². The maximum absolute atomic E-state index is 4.49. The number of anilines is 2. The Morgan fingerprint density at radius 3 is 2.67 bits per heavy atom. The van der Waals surface area contributed by atoms with Crippen molar-refractivity contribution in [3.05, 3.63) is 28.0 Å². The predicted octanol–water partition coefficient (Wildman–Crippen LogP) is 3.26. The molecule has 114 valence electrons. The Labute approximate surface area is 130 Å². The molecule has 0 aromatic carbocycles. The Morgan fingerprint density at radius 2 is 2.05 bits per heavy atom. The molecule has 0 aliphatic heterocycles. The molecule has 0 amide bonds. The normalized spacial score (nSPS) is 10.7. The van der Waals surface area contributed by atoms with E-state index in [9.17, 15) is 0 Å². The minimum Gasteiger partial charge on any atom is -0.370 e. The lowest BCUT2D eigenvalue weighted by atomic mass is 10.2. The Bertz CT molecular complexity index is 581. The van der Waals surface area contributed by atoms with E-state index in [0.717, 1.165) is 43.3 Å². The highest BCUT2D eigenvalue weighted by molar-refractivity contribution is 7.09. The second-order valence-electron chi connectivity index (χ2n) is 5.02. The topological polar surface area (TPSA) is 53.9 Å². The molecule has 2 aromatic rings. The lowest BCUT2D eigenvalue weighted by molar-refractivity contribution is 0.869. The summed E-state index contributed by atoms with van der Waals surface area (Å²) in [5.41, 5.74) is 4.17. The van der Waals surface area contributed by atoms with Gasteiger partial charge in [-0.3, -0.25) is 0 Å². The SMILES string of the molecule is CCCNc1ncnc(N(C)Cc2scnc2C)c1CC. The van der Waals surface area contributed by atoms with Gasteiger partial charge < -0.3 is 10.2 Å². The number of hydrogen-bond acceptors (Lipinski definition) is 6. The molecule has 21 heavy (non-hydrogen) atoms. The van der Waals surface area contributed by atoms with Crippen LogP contribution < -0.4 is 10.2 Å². The molecule has 0 bridgehead atoms. The second-order valence-corrected chi connectivity index (χ2v) is 5.96. The molecule has 0 saturated carbocycles. The van der Waals surface area contributed by atoms with Crippen molar-refractivity contribution in [1.82, 2.24) is 15.0 Å². The van der Waals surface area contributed by atoms with Crippen LogP contribution in [0.1, 0.15) is 36.4 Å². The summed E-state index contributed by atoms with van der Waals surface area (Å²) < 4.78 is 0. The first-order valence-corrected chi connectivity index (χ1v) is 8.23. The van der Waals surface area contributed by atoms with E-state index in [2.05, 4.69) is 53.0 Å². The van der Waals surface area contributed by atoms with Crippen molar-refractivity contribution in [2.24, 2.45) is 0 Å². The number of aryl methyl sites for hydroxylation is 1. The van der Waals surface area contributed by atoms with E-state index in [-0.39, 0.29) is 0 Å². The molecular formula is C15H23N5S. The van der Waals surface area contributed by atoms with E-state index in [0.29, 0.717) is 0 Å². The molecular weight excluding hydrogens is 282 g/mol. The molecule has 0 atom stereocenters. The Hall–Kier alpha value is -1.69. The predicted molar refractivity (Wildman–Crippen MR) is 89.1 cm³/mol. The quantitative estimate of drug-likeness (QED) is 0.851. The third-order valence-electron chi connectivity index (χ3n) is 3.41. The van der Waals surface area contributed by atoms with Crippen molar-refractivity contribution in [3.8, 4) is 0 Å². The number of aromatic nitrogens is 3. The van der Waals surface area contributed by atoms with Gasteiger partial charge in [-0.25, -0.2) is 15.0 Å². The van der Waals surface area contributed by atoms with Crippen LogP contribution in [0.15, 0.2) is 11.8 Å². The van der Waals surface area contributed by atoms with Gasteiger partial charge in [0.15, 0.2) is 0 Å². The van der Waals surface area contributed by atoms with Crippen LogP contribution in [-0.4, -0.2) is 28.5 Å². The van der Waals surface area contributed by atoms with Crippen LogP contribution in [0.25, 0.3) is 0 Å². The molecule has 0 radical (unpaired) electrons. The first-order valence-electron chi connectivity index (χ1n) is 7.35. The highest BCUT2D eigenvalue weighted by Gasteiger charge is 2.14. The van der Waals surface area contributed by atoms with Gasteiger partial charge in [-0.05, 0) is 19.8 Å². The molecule has 0 aliphatic carbocycles. The maximum Gasteiger partial charge on any atom is 0.137 e. The molecule has 1 N–H and O–H groups in total. The average molecular weight is 305 g/mol. The van der Waals surface area contributed by atoms with Crippen molar-refractivity contribution in [2.75, 3.05) is 23.8 Å². The number of nitrogens with zero attached hydrogens (tertiary/aromatic N) is 4. The Kier molecular flexibility index (Phi) is 5.50. The van der Waals surface area contributed by atoms with Crippen LogP contribution >= 0.6 is 11.3 Å². The number of thiazole rings is 1. The summed E-state index contributed by atoms with van der Waals surface area (Å²) in [6.45, 7) is 8.11. The third kappa shape index (κ3) is 3.69. The van der Waals surface area contributed by atoms with Crippen molar-refractivity contribution < 1.29 is 0 Å². The van der Waals surface area contributed by atoms with Gasteiger partial charge in [0, 0.05) is 24.0 Å². The summed E-state index contributed by atoms with van der Waals surface area (Å²) >= 11 is 1.69. The molecule has 0 aliphatic rings. The fourth-order valence-electron chi connectivity index (χ4n) is 2.22. The van der Waals surface area contributed by atoms with Gasteiger partial charge in [0.05, 0.1) is 17.7 Å². The van der Waals surface area contributed by atoms with Gasteiger partial charge in [-0.15, -0.1) is 11.3 Å². The van der Waals surface area contributed by atoms with Gasteiger partial charge >= 0.3 is 0 Å². The number of hydrogen-bond donors (Lipinski definition) is 1. The third-order valence-corrected chi connectivity index (χ3v) is 4.33. The van der Waals surface area contributed by atoms with E-state index < -0.39 is 0 Å². The molecule has 0 fully saturated rings. The highest BCUT2D eigenvalue weighted by atomic mass is 32.1. The molecule has 2 aromatic heterocycles. The fraction of sp³-hybridized carbons (Fsp3) is 0.533. The van der Waals surface area contributed by atoms with Crippen LogP contribution in [0, 0.1) is 6.92 Å². The van der Waals surface area contributed by atoms with E-state index in [1.54, 1.807) is 17.7 Å². The van der Waals surface area contributed by atoms with Crippen LogP contribution in [-0.2, 0) is 13.0 Å². The first-order chi connectivity index (χ1) is 10.2. The standard InChI is InChI=1S/C15H23N5S/c1-5-7-16-14-12(6-2)15(18-9-17-14)20(4)8-13-11(3)19-10-21-13/h9-10H,5-8H2,1-4H3,(H,16,17,18). The van der Waals surface area contributed by atoms with Gasteiger partial charge in [-0.1, -0.05) is 13.8 Å². The summed E-state index contributed by atoms with van der Waals surface area (Å²) in [7, 11) is 2.07.